The topological polar surface area (TPSA) is 63.2 Å². The van der Waals surface area contributed by atoms with E-state index in [2.05, 4.69) is 21.2 Å². The molecule has 0 fully saturated rings. The molecule has 0 radical (unpaired) electrons. The van der Waals surface area contributed by atoms with E-state index in [1.165, 1.54) is 30.3 Å². The summed E-state index contributed by atoms with van der Waals surface area (Å²) >= 11 is 3.24. The maximum Gasteiger partial charge on any atom is 0.252 e. The second-order valence-electron chi connectivity index (χ2n) is 6.28. The summed E-state index contributed by atoms with van der Waals surface area (Å²) in [6.45, 7) is 0. The Morgan fingerprint density at radius 1 is 1.00 bits per heavy atom. The van der Waals surface area contributed by atoms with Crippen LogP contribution in [0.4, 0.5) is 4.39 Å². The summed E-state index contributed by atoms with van der Waals surface area (Å²) in [5.74, 6) is -0.882. The molecule has 3 rings (SSSR count). The minimum atomic E-state index is -3.35. The lowest BCUT2D eigenvalue weighted by atomic mass is 9.97. The van der Waals surface area contributed by atoms with Gasteiger partial charge in [-0.1, -0.05) is 52.3 Å². The number of halogens is 2. The number of sulfone groups is 1. The van der Waals surface area contributed by atoms with E-state index in [4.69, 9.17) is 0 Å². The standard InChI is InChI=1S/C21H17BrFNO3S/c1-28(26,27)17-10-7-15(8-11-17)21(25)24-20(14-5-3-2-4-6-14)18-12-9-16(22)13-19(18)23/h2-13,20H,1H3,(H,24,25). The normalized spacial score (nSPS) is 12.4. The number of carbonyl (C=O) groups is 1. The van der Waals surface area contributed by atoms with Gasteiger partial charge in [0.25, 0.3) is 5.91 Å². The third kappa shape index (κ3) is 4.66. The Balaban J connectivity index is 1.94. The molecule has 0 saturated heterocycles. The van der Waals surface area contributed by atoms with Crippen LogP contribution >= 0.6 is 15.9 Å². The molecule has 28 heavy (non-hydrogen) atoms. The van der Waals surface area contributed by atoms with Gasteiger partial charge in [-0.2, -0.15) is 0 Å². The monoisotopic (exact) mass is 461 g/mol. The lowest BCUT2D eigenvalue weighted by Crippen LogP contribution is -2.30. The summed E-state index contributed by atoms with van der Waals surface area (Å²) in [5, 5.41) is 2.84. The van der Waals surface area contributed by atoms with Gasteiger partial charge in [-0.15, -0.1) is 0 Å². The first-order chi connectivity index (χ1) is 13.3. The molecule has 0 aliphatic heterocycles. The van der Waals surface area contributed by atoms with Crippen molar-refractivity contribution in [1.29, 1.82) is 0 Å². The van der Waals surface area contributed by atoms with Crippen LogP contribution in [0.2, 0.25) is 0 Å². The van der Waals surface area contributed by atoms with Crippen molar-refractivity contribution in [3.05, 3.63) is 99.8 Å². The first-order valence-electron chi connectivity index (χ1n) is 8.36. The number of hydrogen-bond acceptors (Lipinski definition) is 3. The van der Waals surface area contributed by atoms with Crippen LogP contribution in [0.3, 0.4) is 0 Å². The number of hydrogen-bond donors (Lipinski definition) is 1. The third-order valence-corrected chi connectivity index (χ3v) is 5.85. The minimum absolute atomic E-state index is 0.127. The van der Waals surface area contributed by atoms with Gasteiger partial charge >= 0.3 is 0 Å². The fraction of sp³-hybridized carbons (Fsp3) is 0.0952. The largest absolute Gasteiger partial charge is 0.341 e. The Morgan fingerprint density at radius 2 is 1.64 bits per heavy atom. The average molecular weight is 462 g/mol. The van der Waals surface area contributed by atoms with Gasteiger partial charge in [0.2, 0.25) is 0 Å². The Kier molecular flexibility index (Phi) is 5.96. The van der Waals surface area contributed by atoms with E-state index in [0.717, 1.165) is 11.8 Å². The molecule has 0 spiro atoms. The number of carbonyl (C=O) groups excluding carboxylic acids is 1. The van der Waals surface area contributed by atoms with Crippen molar-refractivity contribution in [2.75, 3.05) is 6.26 Å². The Bertz CT molecular complexity index is 1100. The van der Waals surface area contributed by atoms with Gasteiger partial charge in [0.05, 0.1) is 10.9 Å². The SMILES string of the molecule is CS(=O)(=O)c1ccc(C(=O)NC(c2ccccc2)c2ccc(Br)cc2F)cc1. The van der Waals surface area contributed by atoms with Crippen LogP contribution in [0.25, 0.3) is 0 Å². The fourth-order valence-electron chi connectivity index (χ4n) is 2.79. The average Bonchev–Trinajstić information content (AvgIpc) is 2.66. The van der Waals surface area contributed by atoms with Gasteiger partial charge in [0, 0.05) is 21.9 Å². The number of nitrogens with one attached hydrogen (secondary N) is 1. The van der Waals surface area contributed by atoms with Crippen LogP contribution in [0.1, 0.15) is 27.5 Å². The summed E-state index contributed by atoms with van der Waals surface area (Å²) < 4.78 is 38.3. The Hall–Kier alpha value is -2.51. The van der Waals surface area contributed by atoms with Crippen molar-refractivity contribution in [2.45, 2.75) is 10.9 Å². The predicted octanol–water partition coefficient (Wildman–Crippen LogP) is 4.51. The van der Waals surface area contributed by atoms with Crippen molar-refractivity contribution in [3.8, 4) is 0 Å². The quantitative estimate of drug-likeness (QED) is 0.607. The van der Waals surface area contributed by atoms with Gasteiger partial charge in [-0.25, -0.2) is 12.8 Å². The highest BCUT2D eigenvalue weighted by atomic mass is 79.9. The molecule has 0 aliphatic rings. The molecule has 0 heterocycles. The molecule has 4 nitrogen and oxygen atoms in total. The van der Waals surface area contributed by atoms with E-state index in [0.29, 0.717) is 10.0 Å². The zero-order valence-corrected chi connectivity index (χ0v) is 17.3. The summed E-state index contributed by atoms with van der Waals surface area (Å²) in [4.78, 5) is 12.9. The molecule has 0 aromatic heterocycles. The van der Waals surface area contributed by atoms with Gasteiger partial charge in [-0.05, 0) is 42.0 Å². The molecule has 1 amide bonds. The maximum atomic E-state index is 14.6. The highest BCUT2D eigenvalue weighted by molar-refractivity contribution is 9.10. The van der Waals surface area contributed by atoms with E-state index >= 15 is 0 Å². The molecule has 0 saturated carbocycles. The van der Waals surface area contributed by atoms with Crippen LogP contribution in [0, 0.1) is 5.82 Å². The predicted molar refractivity (Wildman–Crippen MR) is 109 cm³/mol. The van der Waals surface area contributed by atoms with Crippen LogP contribution in [0.15, 0.2) is 82.2 Å². The summed E-state index contributed by atoms with van der Waals surface area (Å²) in [7, 11) is -3.35. The smallest absolute Gasteiger partial charge is 0.252 e. The molecule has 1 N–H and O–H groups in total. The van der Waals surface area contributed by atoms with E-state index in [-0.39, 0.29) is 10.5 Å². The minimum Gasteiger partial charge on any atom is -0.341 e. The third-order valence-electron chi connectivity index (χ3n) is 4.23. The fourth-order valence-corrected chi connectivity index (χ4v) is 3.75. The summed E-state index contributed by atoms with van der Waals surface area (Å²) in [6.07, 6.45) is 1.10. The number of benzene rings is 3. The summed E-state index contributed by atoms with van der Waals surface area (Å²) in [6, 6.07) is 18.7. The second-order valence-corrected chi connectivity index (χ2v) is 9.21. The zero-order valence-electron chi connectivity index (χ0n) is 14.9. The van der Waals surface area contributed by atoms with E-state index in [1.807, 2.05) is 18.2 Å². The lowest BCUT2D eigenvalue weighted by Gasteiger charge is -2.21. The van der Waals surface area contributed by atoms with Crippen LogP contribution in [-0.4, -0.2) is 20.6 Å². The number of rotatable bonds is 5. The van der Waals surface area contributed by atoms with E-state index < -0.39 is 27.6 Å². The van der Waals surface area contributed by atoms with Crippen molar-refractivity contribution in [1.82, 2.24) is 5.32 Å². The van der Waals surface area contributed by atoms with Gasteiger partial charge in [-0.3, -0.25) is 4.79 Å². The molecule has 1 atom stereocenters. The maximum absolute atomic E-state index is 14.6. The van der Waals surface area contributed by atoms with Crippen molar-refractivity contribution < 1.29 is 17.6 Å². The molecule has 7 heteroatoms. The molecule has 144 valence electrons. The van der Waals surface area contributed by atoms with Gasteiger partial charge < -0.3 is 5.32 Å². The van der Waals surface area contributed by atoms with Crippen LogP contribution < -0.4 is 5.32 Å². The first kappa shape index (κ1) is 20.2. The molecule has 3 aromatic carbocycles. The Labute approximate surface area is 171 Å². The lowest BCUT2D eigenvalue weighted by molar-refractivity contribution is 0.0942. The molecule has 3 aromatic rings. The molecule has 0 bridgehead atoms. The summed E-state index contributed by atoms with van der Waals surface area (Å²) in [5.41, 5.74) is 1.34. The van der Waals surface area contributed by atoms with Crippen molar-refractivity contribution in [2.24, 2.45) is 0 Å². The highest BCUT2D eigenvalue weighted by Gasteiger charge is 2.21. The van der Waals surface area contributed by atoms with Gasteiger partial charge in [0.15, 0.2) is 9.84 Å². The Morgan fingerprint density at radius 3 is 2.21 bits per heavy atom. The van der Waals surface area contributed by atoms with Crippen molar-refractivity contribution >= 4 is 31.7 Å². The molecular formula is C21H17BrFNO3S. The molecular weight excluding hydrogens is 445 g/mol. The second kappa shape index (κ2) is 8.24. The van der Waals surface area contributed by atoms with E-state index in [1.54, 1.807) is 24.3 Å². The first-order valence-corrected chi connectivity index (χ1v) is 11.0. The van der Waals surface area contributed by atoms with Crippen LogP contribution in [0.5, 0.6) is 0 Å². The highest BCUT2D eigenvalue weighted by Crippen LogP contribution is 2.27. The van der Waals surface area contributed by atoms with Crippen molar-refractivity contribution in [3.63, 3.8) is 0 Å². The zero-order chi connectivity index (χ0) is 20.3. The van der Waals surface area contributed by atoms with Crippen LogP contribution in [-0.2, 0) is 9.84 Å². The number of amides is 1. The molecule has 0 aliphatic carbocycles. The molecule has 1 unspecified atom stereocenters. The van der Waals surface area contributed by atoms with E-state index in [9.17, 15) is 17.6 Å². The van der Waals surface area contributed by atoms with Gasteiger partial charge in [0.1, 0.15) is 5.82 Å².